The van der Waals surface area contributed by atoms with E-state index >= 15 is 0 Å². The highest BCUT2D eigenvalue weighted by Crippen LogP contribution is 2.40. The first-order valence-corrected chi connectivity index (χ1v) is 6.68. The van der Waals surface area contributed by atoms with Crippen LogP contribution in [0.3, 0.4) is 0 Å². The number of ether oxygens (including phenoxy) is 1. The summed E-state index contributed by atoms with van der Waals surface area (Å²) in [5, 5.41) is 9.28. The second-order valence-electron chi connectivity index (χ2n) is 5.25. The SMILES string of the molecule is COCCC(=O)N1[C@@H]2CCCC[C@H]2C[C@H]1C(=O)O. The predicted octanol–water partition coefficient (Wildman–Crippen LogP) is 1.27. The van der Waals surface area contributed by atoms with Crippen LogP contribution in [0.15, 0.2) is 0 Å². The molecule has 1 saturated heterocycles. The first-order valence-electron chi connectivity index (χ1n) is 6.68. The smallest absolute Gasteiger partial charge is 0.326 e. The van der Waals surface area contributed by atoms with Gasteiger partial charge in [-0.05, 0) is 25.2 Å². The number of likely N-dealkylation sites (tertiary alicyclic amines) is 1. The van der Waals surface area contributed by atoms with Gasteiger partial charge in [-0.25, -0.2) is 4.79 Å². The molecule has 1 amide bonds. The molecule has 0 bridgehead atoms. The topological polar surface area (TPSA) is 66.8 Å². The minimum absolute atomic E-state index is 0.0707. The molecule has 102 valence electrons. The highest BCUT2D eigenvalue weighted by Gasteiger charge is 2.47. The average molecular weight is 255 g/mol. The lowest BCUT2D eigenvalue weighted by atomic mass is 9.84. The van der Waals surface area contributed by atoms with Crippen molar-refractivity contribution in [3.05, 3.63) is 0 Å². The van der Waals surface area contributed by atoms with Gasteiger partial charge in [-0.15, -0.1) is 0 Å². The van der Waals surface area contributed by atoms with E-state index in [2.05, 4.69) is 0 Å². The highest BCUT2D eigenvalue weighted by molar-refractivity contribution is 5.84. The molecule has 0 spiro atoms. The van der Waals surface area contributed by atoms with Gasteiger partial charge in [0.2, 0.25) is 5.91 Å². The van der Waals surface area contributed by atoms with Crippen LogP contribution in [0.4, 0.5) is 0 Å². The Bertz CT molecular complexity index is 331. The van der Waals surface area contributed by atoms with Crippen molar-refractivity contribution >= 4 is 11.9 Å². The summed E-state index contributed by atoms with van der Waals surface area (Å²) >= 11 is 0. The van der Waals surface area contributed by atoms with Gasteiger partial charge in [0.15, 0.2) is 0 Å². The molecule has 0 aromatic rings. The molecule has 1 heterocycles. The molecule has 1 saturated carbocycles. The normalized spacial score (nSPS) is 31.2. The van der Waals surface area contributed by atoms with Crippen molar-refractivity contribution in [1.29, 1.82) is 0 Å². The third kappa shape index (κ3) is 2.51. The Morgan fingerprint density at radius 1 is 1.33 bits per heavy atom. The van der Waals surface area contributed by atoms with E-state index in [1.54, 1.807) is 12.0 Å². The minimum atomic E-state index is -0.866. The molecule has 2 fully saturated rings. The van der Waals surface area contributed by atoms with Gasteiger partial charge in [-0.2, -0.15) is 0 Å². The Morgan fingerprint density at radius 3 is 2.72 bits per heavy atom. The fraction of sp³-hybridized carbons (Fsp3) is 0.846. The van der Waals surface area contributed by atoms with Crippen LogP contribution in [0, 0.1) is 5.92 Å². The number of amides is 1. The molecule has 1 aliphatic carbocycles. The number of rotatable bonds is 4. The Labute approximate surface area is 107 Å². The molecular formula is C13H21NO4. The van der Waals surface area contributed by atoms with Gasteiger partial charge >= 0.3 is 5.97 Å². The zero-order chi connectivity index (χ0) is 13.1. The highest BCUT2D eigenvalue weighted by atomic mass is 16.5. The number of carboxylic acids is 1. The van der Waals surface area contributed by atoms with Gasteiger partial charge in [-0.1, -0.05) is 12.8 Å². The summed E-state index contributed by atoms with van der Waals surface area (Å²) in [6.45, 7) is 0.360. The van der Waals surface area contributed by atoms with Gasteiger partial charge in [0.05, 0.1) is 13.0 Å². The number of methoxy groups -OCH3 is 1. The quantitative estimate of drug-likeness (QED) is 0.821. The average Bonchev–Trinajstić information content (AvgIpc) is 2.75. The summed E-state index contributed by atoms with van der Waals surface area (Å²) in [5.74, 6) is -0.555. The zero-order valence-corrected chi connectivity index (χ0v) is 10.8. The molecular weight excluding hydrogens is 234 g/mol. The van der Waals surface area contributed by atoms with Crippen molar-refractivity contribution in [3.8, 4) is 0 Å². The van der Waals surface area contributed by atoms with Crippen molar-refractivity contribution in [2.45, 2.75) is 50.6 Å². The van der Waals surface area contributed by atoms with Crippen LogP contribution in [0.25, 0.3) is 0 Å². The Morgan fingerprint density at radius 2 is 2.06 bits per heavy atom. The number of carboxylic acid groups (broad SMARTS) is 1. The monoisotopic (exact) mass is 255 g/mol. The molecule has 5 heteroatoms. The summed E-state index contributed by atoms with van der Waals surface area (Å²) in [4.78, 5) is 25.1. The minimum Gasteiger partial charge on any atom is -0.480 e. The second kappa shape index (κ2) is 5.69. The predicted molar refractivity (Wildman–Crippen MR) is 65.1 cm³/mol. The molecule has 2 rings (SSSR count). The van der Waals surface area contributed by atoms with Crippen molar-refractivity contribution in [3.63, 3.8) is 0 Å². The van der Waals surface area contributed by atoms with E-state index in [0.29, 0.717) is 18.9 Å². The molecule has 1 N–H and O–H groups in total. The number of hydrogen-bond acceptors (Lipinski definition) is 3. The Balaban J connectivity index is 2.11. The summed E-state index contributed by atoms with van der Waals surface area (Å²) in [5.41, 5.74) is 0. The number of carbonyl (C=O) groups excluding carboxylic acids is 1. The molecule has 0 unspecified atom stereocenters. The van der Waals surface area contributed by atoms with Crippen LogP contribution >= 0.6 is 0 Å². The number of aliphatic carboxylic acids is 1. The Hall–Kier alpha value is -1.10. The first kappa shape index (κ1) is 13.3. The van der Waals surface area contributed by atoms with Gasteiger partial charge in [-0.3, -0.25) is 4.79 Å². The lowest BCUT2D eigenvalue weighted by Crippen LogP contribution is -2.46. The van der Waals surface area contributed by atoms with E-state index in [0.717, 1.165) is 25.7 Å². The van der Waals surface area contributed by atoms with Gasteiger partial charge < -0.3 is 14.7 Å². The van der Waals surface area contributed by atoms with Crippen LogP contribution in [0.5, 0.6) is 0 Å². The van der Waals surface area contributed by atoms with Crippen molar-refractivity contribution in [2.75, 3.05) is 13.7 Å². The summed E-state index contributed by atoms with van der Waals surface area (Å²) in [6.07, 6.45) is 5.17. The Kier molecular flexibility index (Phi) is 4.22. The number of nitrogens with zero attached hydrogens (tertiary/aromatic N) is 1. The van der Waals surface area contributed by atoms with Crippen LogP contribution in [-0.2, 0) is 14.3 Å². The lowest BCUT2D eigenvalue weighted by Gasteiger charge is -2.33. The maximum absolute atomic E-state index is 12.2. The van der Waals surface area contributed by atoms with E-state index < -0.39 is 12.0 Å². The number of carbonyl (C=O) groups is 2. The molecule has 0 aromatic carbocycles. The molecule has 5 nitrogen and oxygen atoms in total. The molecule has 2 aliphatic rings. The maximum atomic E-state index is 12.2. The van der Waals surface area contributed by atoms with Crippen molar-refractivity contribution in [1.82, 2.24) is 4.90 Å². The number of fused-ring (bicyclic) bond motifs is 1. The fourth-order valence-corrected chi connectivity index (χ4v) is 3.36. The van der Waals surface area contributed by atoms with E-state index in [-0.39, 0.29) is 18.4 Å². The molecule has 18 heavy (non-hydrogen) atoms. The third-order valence-corrected chi connectivity index (χ3v) is 4.18. The summed E-state index contributed by atoms with van der Waals surface area (Å²) in [6, 6.07) is -0.480. The fourth-order valence-electron chi connectivity index (χ4n) is 3.36. The molecule has 1 aliphatic heterocycles. The standard InChI is InChI=1S/C13H21NO4/c1-18-7-6-12(15)14-10-5-3-2-4-9(10)8-11(14)13(16)17/h9-11H,2-8H2,1H3,(H,16,17)/t9-,10+,11-/m0/s1. The van der Waals surface area contributed by atoms with Crippen LogP contribution < -0.4 is 0 Å². The van der Waals surface area contributed by atoms with Crippen molar-refractivity contribution < 1.29 is 19.4 Å². The largest absolute Gasteiger partial charge is 0.480 e. The third-order valence-electron chi connectivity index (χ3n) is 4.18. The summed E-state index contributed by atoms with van der Waals surface area (Å²) < 4.78 is 4.91. The zero-order valence-electron chi connectivity index (χ0n) is 10.8. The molecule has 0 radical (unpaired) electrons. The van der Waals surface area contributed by atoms with E-state index in [1.165, 1.54) is 0 Å². The van der Waals surface area contributed by atoms with Crippen LogP contribution in [0.2, 0.25) is 0 Å². The lowest BCUT2D eigenvalue weighted by molar-refractivity contribution is -0.150. The van der Waals surface area contributed by atoms with E-state index in [1.807, 2.05) is 0 Å². The second-order valence-corrected chi connectivity index (χ2v) is 5.25. The van der Waals surface area contributed by atoms with Gasteiger partial charge in [0.25, 0.3) is 0 Å². The van der Waals surface area contributed by atoms with Gasteiger partial charge in [0.1, 0.15) is 6.04 Å². The van der Waals surface area contributed by atoms with E-state index in [4.69, 9.17) is 4.74 Å². The molecule has 3 atom stereocenters. The molecule has 0 aromatic heterocycles. The van der Waals surface area contributed by atoms with Crippen molar-refractivity contribution in [2.24, 2.45) is 5.92 Å². The van der Waals surface area contributed by atoms with E-state index in [9.17, 15) is 14.7 Å². The summed E-state index contributed by atoms with van der Waals surface area (Å²) in [7, 11) is 1.55. The van der Waals surface area contributed by atoms with Gasteiger partial charge in [0, 0.05) is 13.2 Å². The maximum Gasteiger partial charge on any atom is 0.326 e. The van der Waals surface area contributed by atoms with Crippen LogP contribution in [-0.4, -0.2) is 47.7 Å². The first-order chi connectivity index (χ1) is 8.65. The van der Waals surface area contributed by atoms with Crippen LogP contribution in [0.1, 0.15) is 38.5 Å². The number of hydrogen-bond donors (Lipinski definition) is 1.